The summed E-state index contributed by atoms with van der Waals surface area (Å²) < 4.78 is 12.4. The molecule has 0 bridgehead atoms. The van der Waals surface area contributed by atoms with Gasteiger partial charge in [0.25, 0.3) is 0 Å². The van der Waals surface area contributed by atoms with Crippen LogP contribution in [0.25, 0.3) is 16.7 Å². The van der Waals surface area contributed by atoms with Crippen LogP contribution in [0.3, 0.4) is 0 Å². The van der Waals surface area contributed by atoms with Gasteiger partial charge in [-0.3, -0.25) is 4.79 Å². The number of ether oxygens (including phenoxy) is 1. The van der Waals surface area contributed by atoms with E-state index in [2.05, 4.69) is 10.2 Å². The zero-order valence-electron chi connectivity index (χ0n) is 13.9. The highest BCUT2D eigenvalue weighted by atomic mass is 16.5. The number of carbonyl (C=O) groups excluding carboxylic acids is 1. The Bertz CT molecular complexity index is 921. The predicted molar refractivity (Wildman–Crippen MR) is 85.6 cm³/mol. The lowest BCUT2D eigenvalue weighted by molar-refractivity contribution is -0.139. The predicted octanol–water partition coefficient (Wildman–Crippen LogP) is 2.40. The first-order chi connectivity index (χ1) is 11.5. The van der Waals surface area contributed by atoms with E-state index in [0.717, 1.165) is 0 Å². The van der Waals surface area contributed by atoms with Gasteiger partial charge in [0.15, 0.2) is 0 Å². The molecule has 0 aliphatic heterocycles. The molecule has 0 fully saturated rings. The number of fused-ring (bicyclic) bond motifs is 1. The molecule has 3 rings (SSSR count). The molecule has 2 aromatic carbocycles. The molecule has 0 atom stereocenters. The molecule has 0 amide bonds. The maximum Gasteiger partial charge on any atom is 0.309 e. The van der Waals surface area contributed by atoms with Crippen LogP contribution in [0.1, 0.15) is 19.4 Å². The Labute approximate surface area is 134 Å². The topological polar surface area (TPSA) is 77.2 Å². The molecule has 3 aromatic rings. The van der Waals surface area contributed by atoms with Crippen LogP contribution < -0.4 is 0 Å². The van der Waals surface area contributed by atoms with Crippen LogP contribution in [-0.2, 0) is 22.4 Å². The Balaban J connectivity index is 2.13. The Hall–Kier alpha value is -2.89. The molecule has 0 saturated heterocycles. The molecule has 1 heterocycles. The summed E-state index contributed by atoms with van der Waals surface area (Å²) in [5.41, 5.74) is 3.01. The molecule has 23 heavy (non-hydrogen) atoms. The fraction of sp³-hybridized carbons (Fsp3) is 0.235. The van der Waals surface area contributed by atoms with Gasteiger partial charge in [-0.05, 0) is 35.7 Å². The Morgan fingerprint density at radius 2 is 2.09 bits per heavy atom. The summed E-state index contributed by atoms with van der Waals surface area (Å²) in [6, 6.07) is 8.73. The standard InChI is InChI=1S/C17H17N3O3/c1-3-12-8-11(10-16(21)23-2)9-15(17(12)22)20-18-13-6-4-5-7-14(13)19-20/h4-9,22H,3,10H2,1-2H3/i4T. The van der Waals surface area contributed by atoms with Gasteiger partial charge in [-0.2, -0.15) is 0 Å². The second kappa shape index (κ2) is 6.08. The highest BCUT2D eigenvalue weighted by Crippen LogP contribution is 2.28. The fourth-order valence-electron chi connectivity index (χ4n) is 2.42. The van der Waals surface area contributed by atoms with Gasteiger partial charge < -0.3 is 9.84 Å². The number of aromatic hydroxyl groups is 1. The van der Waals surface area contributed by atoms with E-state index in [0.29, 0.717) is 40.3 Å². The van der Waals surface area contributed by atoms with Crippen LogP contribution in [0.15, 0.2) is 36.4 Å². The van der Waals surface area contributed by atoms with Gasteiger partial charge >= 0.3 is 5.97 Å². The first-order valence-corrected chi connectivity index (χ1v) is 7.27. The first kappa shape index (κ1) is 13.8. The van der Waals surface area contributed by atoms with Crippen molar-refractivity contribution in [2.24, 2.45) is 0 Å². The lowest BCUT2D eigenvalue weighted by atomic mass is 10.0. The molecule has 6 nitrogen and oxygen atoms in total. The average molecular weight is 313 g/mol. The number of phenolic OH excluding ortho intramolecular Hbond substituents is 1. The lowest BCUT2D eigenvalue weighted by Gasteiger charge is -2.11. The smallest absolute Gasteiger partial charge is 0.309 e. The first-order valence-electron chi connectivity index (χ1n) is 7.77. The summed E-state index contributed by atoms with van der Waals surface area (Å²) in [5, 5.41) is 19.2. The Morgan fingerprint density at radius 3 is 2.78 bits per heavy atom. The number of phenols is 1. The van der Waals surface area contributed by atoms with E-state index >= 15 is 0 Å². The average Bonchev–Trinajstić information content (AvgIpc) is 2.98. The van der Waals surface area contributed by atoms with Crippen LogP contribution in [0.2, 0.25) is 0 Å². The van der Waals surface area contributed by atoms with E-state index in [1.807, 2.05) is 6.92 Å². The number of aryl methyl sites for hydroxylation is 1. The van der Waals surface area contributed by atoms with Gasteiger partial charge in [0, 0.05) is 0 Å². The Morgan fingerprint density at radius 1 is 1.35 bits per heavy atom. The highest BCUT2D eigenvalue weighted by molar-refractivity contribution is 5.75. The summed E-state index contributed by atoms with van der Waals surface area (Å²) in [6.07, 6.45) is 0.708. The molecular formula is C17H17N3O3. The summed E-state index contributed by atoms with van der Waals surface area (Å²) in [7, 11) is 1.34. The van der Waals surface area contributed by atoms with E-state index in [9.17, 15) is 9.90 Å². The number of hydrogen-bond donors (Lipinski definition) is 1. The quantitative estimate of drug-likeness (QED) is 0.748. The minimum absolute atomic E-state index is 0.0810. The second-order valence-corrected chi connectivity index (χ2v) is 5.13. The summed E-state index contributed by atoms with van der Waals surface area (Å²) in [5.74, 6) is -0.274. The van der Waals surface area contributed by atoms with Crippen molar-refractivity contribution in [2.75, 3.05) is 7.11 Å². The number of aromatic nitrogens is 3. The molecule has 0 unspecified atom stereocenters. The minimum Gasteiger partial charge on any atom is -0.505 e. The van der Waals surface area contributed by atoms with Crippen LogP contribution in [0.4, 0.5) is 0 Å². The van der Waals surface area contributed by atoms with E-state index in [1.54, 1.807) is 30.3 Å². The lowest BCUT2D eigenvalue weighted by Crippen LogP contribution is -2.07. The van der Waals surface area contributed by atoms with Crippen molar-refractivity contribution >= 4 is 17.0 Å². The van der Waals surface area contributed by atoms with Gasteiger partial charge in [0.2, 0.25) is 0 Å². The van der Waals surface area contributed by atoms with Gasteiger partial charge in [-0.25, -0.2) is 0 Å². The van der Waals surface area contributed by atoms with Crippen molar-refractivity contribution < 1.29 is 16.0 Å². The SMILES string of the molecule is [3H]c1ccc2nn(-c3cc(CC(=O)OC)cc(CC)c3O)nc2c1. The highest BCUT2D eigenvalue weighted by Gasteiger charge is 2.15. The fourth-order valence-corrected chi connectivity index (χ4v) is 2.42. The summed E-state index contributed by atoms with van der Waals surface area (Å²) in [6.45, 7) is 1.92. The Kier molecular flexibility index (Phi) is 3.63. The number of esters is 1. The molecule has 1 N–H and O–H groups in total. The summed E-state index contributed by atoms with van der Waals surface area (Å²) in [4.78, 5) is 12.9. The van der Waals surface area contributed by atoms with Gasteiger partial charge in [0.1, 0.15) is 22.5 Å². The molecule has 118 valence electrons. The van der Waals surface area contributed by atoms with Crippen molar-refractivity contribution in [1.29, 1.82) is 0 Å². The van der Waals surface area contributed by atoms with E-state index in [4.69, 9.17) is 6.11 Å². The number of hydrogen-bond acceptors (Lipinski definition) is 5. The van der Waals surface area contributed by atoms with E-state index in [-0.39, 0.29) is 18.1 Å². The van der Waals surface area contributed by atoms with Crippen molar-refractivity contribution in [1.82, 2.24) is 15.0 Å². The zero-order chi connectivity index (χ0) is 17.3. The largest absolute Gasteiger partial charge is 0.505 e. The second-order valence-electron chi connectivity index (χ2n) is 5.13. The van der Waals surface area contributed by atoms with Gasteiger partial charge in [0.05, 0.1) is 14.9 Å². The third-order valence-electron chi connectivity index (χ3n) is 3.63. The molecule has 6 heteroatoms. The van der Waals surface area contributed by atoms with Crippen molar-refractivity contribution in [2.45, 2.75) is 19.8 Å². The van der Waals surface area contributed by atoms with E-state index in [1.165, 1.54) is 11.9 Å². The monoisotopic (exact) mass is 313 g/mol. The number of rotatable bonds is 4. The maximum absolute atomic E-state index is 11.5. The molecular weight excluding hydrogens is 294 g/mol. The van der Waals surface area contributed by atoms with Crippen molar-refractivity contribution in [3.8, 4) is 11.4 Å². The van der Waals surface area contributed by atoms with Crippen LogP contribution in [-0.4, -0.2) is 33.2 Å². The maximum atomic E-state index is 11.5. The number of nitrogens with zero attached hydrogens (tertiary/aromatic N) is 3. The van der Waals surface area contributed by atoms with Crippen LogP contribution in [0.5, 0.6) is 5.75 Å². The third kappa shape index (κ3) is 2.88. The minimum atomic E-state index is -0.355. The van der Waals surface area contributed by atoms with Gasteiger partial charge in [-0.1, -0.05) is 25.1 Å². The number of methoxy groups -OCH3 is 1. The number of carbonyl (C=O) groups is 1. The molecule has 0 spiro atoms. The molecule has 0 aliphatic carbocycles. The van der Waals surface area contributed by atoms with Crippen molar-refractivity contribution in [3.63, 3.8) is 0 Å². The van der Waals surface area contributed by atoms with E-state index < -0.39 is 0 Å². The summed E-state index contributed by atoms with van der Waals surface area (Å²) >= 11 is 0. The van der Waals surface area contributed by atoms with Crippen molar-refractivity contribution in [3.05, 3.63) is 47.5 Å². The number of benzene rings is 2. The van der Waals surface area contributed by atoms with Crippen LogP contribution >= 0.6 is 0 Å². The molecule has 0 aliphatic rings. The third-order valence-corrected chi connectivity index (χ3v) is 3.63. The van der Waals surface area contributed by atoms with Crippen LogP contribution in [0, 0.1) is 0 Å². The zero-order valence-corrected chi connectivity index (χ0v) is 12.9. The normalized spacial score (nSPS) is 11.5. The molecule has 0 radical (unpaired) electrons. The molecule has 0 saturated carbocycles. The molecule has 1 aromatic heterocycles. The van der Waals surface area contributed by atoms with Gasteiger partial charge in [-0.15, -0.1) is 15.0 Å².